The molecule has 0 saturated carbocycles. The van der Waals surface area contributed by atoms with Gasteiger partial charge in [-0.2, -0.15) is 0 Å². The van der Waals surface area contributed by atoms with Crippen LogP contribution < -0.4 is 0 Å². The van der Waals surface area contributed by atoms with Crippen LogP contribution in [-0.4, -0.2) is 9.13 Å². The second kappa shape index (κ2) is 9.46. The molecule has 0 amide bonds. The van der Waals surface area contributed by atoms with Crippen molar-refractivity contribution in [3.8, 4) is 22.5 Å². The first kappa shape index (κ1) is 24.5. The van der Waals surface area contributed by atoms with E-state index in [0.717, 1.165) is 27.5 Å². The van der Waals surface area contributed by atoms with Gasteiger partial charge in [-0.3, -0.25) is 0 Å². The van der Waals surface area contributed by atoms with Gasteiger partial charge < -0.3 is 9.13 Å². The van der Waals surface area contributed by atoms with Gasteiger partial charge in [0, 0.05) is 27.5 Å². The molecule has 0 bridgehead atoms. The van der Waals surface area contributed by atoms with Crippen molar-refractivity contribution in [3.05, 3.63) is 163 Å². The molecule has 204 valence electrons. The quantitative estimate of drug-likeness (QED) is 0.191. The van der Waals surface area contributed by atoms with E-state index < -0.39 is 0 Å². The van der Waals surface area contributed by atoms with Gasteiger partial charge in [0.2, 0.25) is 0 Å². The van der Waals surface area contributed by atoms with E-state index in [9.17, 15) is 0 Å². The summed E-state index contributed by atoms with van der Waals surface area (Å²) in [5.74, 6) is 0. The molecule has 0 radical (unpaired) electrons. The standard InChI is InChI=1S/C41H25N3/c1-42-31-18-23-41-37(26-31)35-11-5-6-12-38(35)43(41)32-19-14-28(15-20-32)30-17-22-40-36(25-30)34-10-4-7-13-39(34)44(40)33-21-16-27-8-2-3-9-29(27)24-33/h2-26H. The van der Waals surface area contributed by atoms with E-state index in [2.05, 4.69) is 154 Å². The lowest BCUT2D eigenvalue weighted by atomic mass is 10.0. The SMILES string of the molecule is [C-]#[N+]c1ccc2c(c1)c1ccccc1n2-c1ccc(-c2ccc3c(c2)c2ccccc2n3-c2ccc3ccccc3c2)cc1. The van der Waals surface area contributed by atoms with E-state index in [0.29, 0.717) is 5.69 Å². The summed E-state index contributed by atoms with van der Waals surface area (Å²) in [5, 5.41) is 7.24. The van der Waals surface area contributed by atoms with Gasteiger partial charge in [0.25, 0.3) is 0 Å². The molecular weight excluding hydrogens is 534 g/mol. The monoisotopic (exact) mass is 559 g/mol. The third kappa shape index (κ3) is 3.62. The molecule has 9 rings (SSSR count). The van der Waals surface area contributed by atoms with Gasteiger partial charge in [-0.05, 0) is 87.9 Å². The van der Waals surface area contributed by atoms with Gasteiger partial charge >= 0.3 is 0 Å². The molecule has 0 aliphatic rings. The number of para-hydroxylation sites is 2. The number of hydrogen-bond acceptors (Lipinski definition) is 0. The lowest BCUT2D eigenvalue weighted by Crippen LogP contribution is -1.94. The van der Waals surface area contributed by atoms with E-state index in [4.69, 9.17) is 6.57 Å². The van der Waals surface area contributed by atoms with Crippen molar-refractivity contribution in [1.29, 1.82) is 0 Å². The summed E-state index contributed by atoms with van der Waals surface area (Å²) in [6.45, 7) is 7.49. The lowest BCUT2D eigenvalue weighted by molar-refractivity contribution is 1.18. The topological polar surface area (TPSA) is 14.2 Å². The molecule has 2 aromatic heterocycles. The molecule has 0 spiro atoms. The van der Waals surface area contributed by atoms with Gasteiger partial charge in [0.05, 0.1) is 28.6 Å². The first-order valence-electron chi connectivity index (χ1n) is 14.8. The van der Waals surface area contributed by atoms with Crippen molar-refractivity contribution in [1.82, 2.24) is 9.13 Å². The number of nitrogens with zero attached hydrogens (tertiary/aromatic N) is 3. The van der Waals surface area contributed by atoms with Crippen LogP contribution in [0.3, 0.4) is 0 Å². The molecule has 0 atom stereocenters. The van der Waals surface area contributed by atoms with Crippen LogP contribution >= 0.6 is 0 Å². The maximum absolute atomic E-state index is 7.49. The summed E-state index contributed by atoms with van der Waals surface area (Å²) < 4.78 is 4.67. The van der Waals surface area contributed by atoms with Crippen LogP contribution in [-0.2, 0) is 0 Å². The minimum atomic E-state index is 0.660. The molecule has 2 heterocycles. The zero-order valence-corrected chi connectivity index (χ0v) is 23.8. The third-order valence-corrected chi connectivity index (χ3v) is 8.91. The highest BCUT2D eigenvalue weighted by molar-refractivity contribution is 6.11. The molecule has 0 saturated heterocycles. The Balaban J connectivity index is 1.17. The molecule has 0 unspecified atom stereocenters. The Hall–Kier alpha value is -6.11. The van der Waals surface area contributed by atoms with Gasteiger partial charge in [-0.25, -0.2) is 4.85 Å². The van der Waals surface area contributed by atoms with Crippen molar-refractivity contribution in [2.75, 3.05) is 0 Å². The Labute approximate surface area is 254 Å². The number of hydrogen-bond donors (Lipinski definition) is 0. The van der Waals surface area contributed by atoms with Crippen LogP contribution in [0, 0.1) is 6.57 Å². The first-order valence-corrected chi connectivity index (χ1v) is 14.8. The molecule has 9 aromatic rings. The van der Waals surface area contributed by atoms with E-state index >= 15 is 0 Å². The third-order valence-electron chi connectivity index (χ3n) is 8.91. The lowest BCUT2D eigenvalue weighted by Gasteiger charge is -2.11. The molecule has 3 heteroatoms. The number of rotatable bonds is 3. The Kier molecular flexibility index (Phi) is 5.26. The summed E-state index contributed by atoms with van der Waals surface area (Å²) in [6, 6.07) is 54.0. The van der Waals surface area contributed by atoms with Crippen molar-refractivity contribution in [2.24, 2.45) is 0 Å². The maximum Gasteiger partial charge on any atom is 0.188 e. The summed E-state index contributed by atoms with van der Waals surface area (Å²) in [5.41, 5.74) is 9.95. The van der Waals surface area contributed by atoms with Crippen molar-refractivity contribution in [2.45, 2.75) is 0 Å². The van der Waals surface area contributed by atoms with Crippen LogP contribution in [0.2, 0.25) is 0 Å². The van der Waals surface area contributed by atoms with Crippen LogP contribution in [0.1, 0.15) is 0 Å². The maximum atomic E-state index is 7.49. The average molecular weight is 560 g/mol. The molecule has 0 aliphatic carbocycles. The second-order valence-corrected chi connectivity index (χ2v) is 11.3. The van der Waals surface area contributed by atoms with Crippen molar-refractivity contribution in [3.63, 3.8) is 0 Å². The smallest absolute Gasteiger partial charge is 0.188 e. The van der Waals surface area contributed by atoms with Gasteiger partial charge in [0.15, 0.2) is 5.69 Å². The predicted molar refractivity (Wildman–Crippen MR) is 184 cm³/mol. The summed E-state index contributed by atoms with van der Waals surface area (Å²) in [7, 11) is 0. The van der Waals surface area contributed by atoms with E-state index in [-0.39, 0.29) is 0 Å². The molecule has 0 aliphatic heterocycles. The fourth-order valence-electron chi connectivity index (χ4n) is 6.86. The van der Waals surface area contributed by atoms with E-state index in [1.54, 1.807) is 0 Å². The molecule has 3 nitrogen and oxygen atoms in total. The van der Waals surface area contributed by atoms with Gasteiger partial charge in [-0.15, -0.1) is 0 Å². The summed E-state index contributed by atoms with van der Waals surface area (Å²) >= 11 is 0. The van der Waals surface area contributed by atoms with E-state index in [1.807, 2.05) is 12.1 Å². The molecular formula is C41H25N3. The number of fused-ring (bicyclic) bond motifs is 7. The van der Waals surface area contributed by atoms with Crippen LogP contribution in [0.4, 0.5) is 5.69 Å². The van der Waals surface area contributed by atoms with Crippen molar-refractivity contribution >= 4 is 60.1 Å². The summed E-state index contributed by atoms with van der Waals surface area (Å²) in [6.07, 6.45) is 0. The minimum Gasteiger partial charge on any atom is -0.309 e. The number of aromatic nitrogens is 2. The largest absolute Gasteiger partial charge is 0.309 e. The van der Waals surface area contributed by atoms with Gasteiger partial charge in [0.1, 0.15) is 0 Å². The fourth-order valence-corrected chi connectivity index (χ4v) is 6.86. The molecule has 44 heavy (non-hydrogen) atoms. The van der Waals surface area contributed by atoms with Gasteiger partial charge in [-0.1, -0.05) is 91.0 Å². The van der Waals surface area contributed by atoms with Crippen LogP contribution in [0.15, 0.2) is 152 Å². The molecule has 7 aromatic carbocycles. The average Bonchev–Trinajstić information content (AvgIpc) is 3.60. The predicted octanol–water partition coefficient (Wildman–Crippen LogP) is 11.3. The minimum absolute atomic E-state index is 0.660. The first-order chi connectivity index (χ1) is 21.8. The highest BCUT2D eigenvalue weighted by Gasteiger charge is 2.15. The van der Waals surface area contributed by atoms with Crippen molar-refractivity contribution < 1.29 is 0 Å². The Morgan fingerprint density at radius 3 is 1.66 bits per heavy atom. The molecule has 0 N–H and O–H groups in total. The van der Waals surface area contributed by atoms with Crippen LogP contribution in [0.5, 0.6) is 0 Å². The Morgan fingerprint density at radius 1 is 0.386 bits per heavy atom. The second-order valence-electron chi connectivity index (χ2n) is 11.3. The Morgan fingerprint density at radius 2 is 0.932 bits per heavy atom. The highest BCUT2D eigenvalue weighted by atomic mass is 15.0. The normalized spacial score (nSPS) is 11.6. The Bertz CT molecular complexity index is 2610. The summed E-state index contributed by atoms with van der Waals surface area (Å²) in [4.78, 5) is 3.67. The molecule has 0 fully saturated rings. The zero-order chi connectivity index (χ0) is 29.2. The zero-order valence-electron chi connectivity index (χ0n) is 23.8. The highest BCUT2D eigenvalue weighted by Crippen LogP contribution is 2.37. The number of benzene rings is 7. The van der Waals surface area contributed by atoms with Crippen LogP contribution in [0.25, 0.3) is 81.7 Å². The van der Waals surface area contributed by atoms with E-state index in [1.165, 1.54) is 49.4 Å². The fraction of sp³-hybridized carbons (Fsp3) is 0.